The Morgan fingerprint density at radius 3 is 2.52 bits per heavy atom. The molecule has 0 aliphatic carbocycles. The normalized spacial score (nSPS) is 11.2. The van der Waals surface area contributed by atoms with Crippen molar-refractivity contribution in [1.29, 1.82) is 0 Å². The van der Waals surface area contributed by atoms with Gasteiger partial charge in [0.1, 0.15) is 23.0 Å². The number of fused-ring (bicyclic) bond motifs is 1. The average molecular weight is 311 g/mol. The molecule has 0 N–H and O–H groups in total. The number of nitrogens with zero attached hydrogens (tertiary/aromatic N) is 2. The zero-order valence-electron chi connectivity index (χ0n) is 10.8. The number of imidazole rings is 1. The molecule has 3 rings (SSSR count). The Kier molecular flexibility index (Phi) is 3.59. The van der Waals surface area contributed by atoms with Crippen LogP contribution in [0.4, 0.5) is 13.2 Å². The second-order valence-electron chi connectivity index (χ2n) is 4.51. The predicted molar refractivity (Wildman–Crippen MR) is 75.4 cm³/mol. The van der Waals surface area contributed by atoms with Gasteiger partial charge in [-0.15, -0.1) is 11.6 Å². The highest BCUT2D eigenvalue weighted by Crippen LogP contribution is 2.26. The Bertz CT molecular complexity index is 814. The minimum Gasteiger partial charge on any atom is -0.293 e. The zero-order valence-corrected chi connectivity index (χ0v) is 11.5. The van der Waals surface area contributed by atoms with Gasteiger partial charge < -0.3 is 0 Å². The van der Waals surface area contributed by atoms with Crippen LogP contribution in [-0.2, 0) is 6.42 Å². The van der Waals surface area contributed by atoms with E-state index in [9.17, 15) is 13.2 Å². The molecule has 0 bridgehead atoms. The van der Waals surface area contributed by atoms with E-state index in [1.54, 1.807) is 12.1 Å². The monoisotopic (exact) mass is 310 g/mol. The molecule has 0 saturated heterocycles. The average Bonchev–Trinajstić information content (AvgIpc) is 2.78. The van der Waals surface area contributed by atoms with Crippen molar-refractivity contribution in [2.24, 2.45) is 0 Å². The molecular weight excluding hydrogens is 301 g/mol. The molecule has 0 unspecified atom stereocenters. The summed E-state index contributed by atoms with van der Waals surface area (Å²) in [6.45, 7) is 0. The Labute approximate surface area is 123 Å². The molecule has 6 heteroatoms. The van der Waals surface area contributed by atoms with Crippen LogP contribution in [0.3, 0.4) is 0 Å². The Morgan fingerprint density at radius 1 is 1.05 bits per heavy atom. The number of rotatable bonds is 3. The van der Waals surface area contributed by atoms with Crippen LogP contribution in [0.15, 0.2) is 36.4 Å². The lowest BCUT2D eigenvalue weighted by Crippen LogP contribution is -2.04. The third kappa shape index (κ3) is 2.38. The largest absolute Gasteiger partial charge is 0.293 e. The zero-order chi connectivity index (χ0) is 15.0. The summed E-state index contributed by atoms with van der Waals surface area (Å²) in [5.74, 6) is -1.40. The first kappa shape index (κ1) is 13.9. The summed E-state index contributed by atoms with van der Waals surface area (Å²) in [5, 5.41) is 0. The van der Waals surface area contributed by atoms with E-state index in [0.717, 1.165) is 12.1 Å². The summed E-state index contributed by atoms with van der Waals surface area (Å²) in [7, 11) is 0. The molecule has 0 saturated carbocycles. The van der Waals surface area contributed by atoms with Gasteiger partial charge in [0, 0.05) is 24.4 Å². The van der Waals surface area contributed by atoms with Crippen molar-refractivity contribution in [3.05, 3.63) is 59.7 Å². The molecule has 0 spiro atoms. The highest BCUT2D eigenvalue weighted by molar-refractivity contribution is 6.17. The number of benzene rings is 2. The van der Waals surface area contributed by atoms with E-state index in [-0.39, 0.29) is 22.6 Å². The van der Waals surface area contributed by atoms with Crippen molar-refractivity contribution in [2.75, 3.05) is 5.88 Å². The van der Waals surface area contributed by atoms with E-state index < -0.39 is 17.5 Å². The predicted octanol–water partition coefficient (Wildman–Crippen LogP) is 4.22. The quantitative estimate of drug-likeness (QED) is 0.662. The molecule has 1 aromatic heterocycles. The molecule has 0 aliphatic heterocycles. The van der Waals surface area contributed by atoms with Crippen LogP contribution in [0.2, 0.25) is 0 Å². The van der Waals surface area contributed by atoms with E-state index >= 15 is 0 Å². The number of aromatic nitrogens is 2. The van der Waals surface area contributed by atoms with Crippen LogP contribution in [0.5, 0.6) is 0 Å². The van der Waals surface area contributed by atoms with Gasteiger partial charge in [0.2, 0.25) is 0 Å². The molecule has 2 aromatic carbocycles. The van der Waals surface area contributed by atoms with Crippen molar-refractivity contribution >= 4 is 22.6 Å². The molecule has 0 aliphatic rings. The first-order valence-electron chi connectivity index (χ1n) is 6.29. The van der Waals surface area contributed by atoms with Crippen molar-refractivity contribution in [2.45, 2.75) is 6.42 Å². The van der Waals surface area contributed by atoms with E-state index in [1.165, 1.54) is 16.7 Å². The molecule has 3 aromatic rings. The highest BCUT2D eigenvalue weighted by Gasteiger charge is 2.18. The summed E-state index contributed by atoms with van der Waals surface area (Å²) in [6, 6.07) is 7.88. The number of halogens is 4. The van der Waals surface area contributed by atoms with Crippen LogP contribution in [0.1, 0.15) is 5.82 Å². The van der Waals surface area contributed by atoms with Crippen molar-refractivity contribution < 1.29 is 13.2 Å². The van der Waals surface area contributed by atoms with Gasteiger partial charge in [-0.05, 0) is 12.1 Å². The fourth-order valence-electron chi connectivity index (χ4n) is 2.31. The minimum atomic E-state index is -0.782. The van der Waals surface area contributed by atoms with Crippen molar-refractivity contribution in [3.63, 3.8) is 0 Å². The number of aryl methyl sites for hydroxylation is 1. The van der Waals surface area contributed by atoms with Gasteiger partial charge in [-0.25, -0.2) is 18.2 Å². The fraction of sp³-hybridized carbons (Fsp3) is 0.133. The Morgan fingerprint density at radius 2 is 1.81 bits per heavy atom. The smallest absolute Gasteiger partial charge is 0.153 e. The van der Waals surface area contributed by atoms with Gasteiger partial charge in [-0.1, -0.05) is 12.1 Å². The van der Waals surface area contributed by atoms with Crippen LogP contribution in [-0.4, -0.2) is 15.4 Å². The second-order valence-corrected chi connectivity index (χ2v) is 4.89. The maximum Gasteiger partial charge on any atom is 0.153 e. The van der Waals surface area contributed by atoms with E-state index in [0.29, 0.717) is 12.2 Å². The third-order valence-electron chi connectivity index (χ3n) is 3.16. The van der Waals surface area contributed by atoms with Gasteiger partial charge in [0.15, 0.2) is 5.82 Å². The standard InChI is InChI=1S/C15H10ClF3N2/c16-6-5-14-20-15-11(19)7-9(17)8-13(15)21(14)12-4-2-1-3-10(12)18/h1-4,7-8H,5-6H2. The van der Waals surface area contributed by atoms with Gasteiger partial charge in [-0.2, -0.15) is 0 Å². The van der Waals surface area contributed by atoms with Crippen LogP contribution >= 0.6 is 11.6 Å². The van der Waals surface area contributed by atoms with E-state index in [4.69, 9.17) is 11.6 Å². The van der Waals surface area contributed by atoms with Crippen LogP contribution in [0.25, 0.3) is 16.7 Å². The fourth-order valence-corrected chi connectivity index (χ4v) is 2.47. The van der Waals surface area contributed by atoms with Gasteiger partial charge in [0.05, 0.1) is 11.2 Å². The van der Waals surface area contributed by atoms with E-state index in [1.807, 2.05) is 0 Å². The molecule has 2 nitrogen and oxygen atoms in total. The maximum atomic E-state index is 14.0. The number of hydrogen-bond acceptors (Lipinski definition) is 1. The molecule has 21 heavy (non-hydrogen) atoms. The van der Waals surface area contributed by atoms with Crippen molar-refractivity contribution in [1.82, 2.24) is 9.55 Å². The third-order valence-corrected chi connectivity index (χ3v) is 3.35. The first-order chi connectivity index (χ1) is 10.1. The highest BCUT2D eigenvalue weighted by atomic mass is 35.5. The summed E-state index contributed by atoms with van der Waals surface area (Å²) < 4.78 is 42.8. The minimum absolute atomic E-state index is 0.000213. The second kappa shape index (κ2) is 5.41. The summed E-state index contributed by atoms with van der Waals surface area (Å²) >= 11 is 5.72. The molecule has 1 heterocycles. The lowest BCUT2D eigenvalue weighted by molar-refractivity contribution is 0.590. The maximum absolute atomic E-state index is 14.0. The summed E-state index contributed by atoms with van der Waals surface area (Å²) in [4.78, 5) is 4.13. The van der Waals surface area contributed by atoms with Gasteiger partial charge in [0.25, 0.3) is 0 Å². The number of alkyl halides is 1. The molecule has 0 fully saturated rings. The summed E-state index contributed by atoms with van der Waals surface area (Å²) in [5.41, 5.74) is 0.364. The van der Waals surface area contributed by atoms with Gasteiger partial charge >= 0.3 is 0 Å². The Hall–Kier alpha value is -2.01. The molecule has 108 valence electrons. The molecule has 0 radical (unpaired) electrons. The Balaban J connectivity index is 2.38. The SMILES string of the molecule is Fc1cc(F)c2nc(CCCl)n(-c3ccccc3F)c2c1. The van der Waals surface area contributed by atoms with Crippen LogP contribution < -0.4 is 0 Å². The lowest BCUT2D eigenvalue weighted by atomic mass is 10.2. The molecule has 0 atom stereocenters. The van der Waals surface area contributed by atoms with Gasteiger partial charge in [-0.3, -0.25) is 4.57 Å². The number of para-hydroxylation sites is 1. The molecule has 0 amide bonds. The number of hydrogen-bond donors (Lipinski definition) is 0. The first-order valence-corrected chi connectivity index (χ1v) is 6.82. The summed E-state index contributed by atoms with van der Waals surface area (Å²) in [6.07, 6.45) is 0.311. The van der Waals surface area contributed by atoms with Crippen molar-refractivity contribution in [3.8, 4) is 5.69 Å². The lowest BCUT2D eigenvalue weighted by Gasteiger charge is -2.09. The molecular formula is C15H10ClF3N2. The van der Waals surface area contributed by atoms with E-state index in [2.05, 4.69) is 4.98 Å². The van der Waals surface area contributed by atoms with Crippen LogP contribution in [0, 0.1) is 17.5 Å². The topological polar surface area (TPSA) is 17.8 Å².